The molecule has 0 radical (unpaired) electrons. The van der Waals surface area contributed by atoms with E-state index in [4.69, 9.17) is 16.6 Å². The lowest BCUT2D eigenvalue weighted by Crippen LogP contribution is -2.38. The average molecular weight is 482 g/mol. The van der Waals surface area contributed by atoms with E-state index < -0.39 is 0 Å². The Morgan fingerprint density at radius 3 is 2.75 bits per heavy atom. The van der Waals surface area contributed by atoms with E-state index in [1.807, 2.05) is 37.1 Å². The number of guanidine groups is 1. The summed E-state index contributed by atoms with van der Waals surface area (Å²) in [6, 6.07) is 1.98. The summed E-state index contributed by atoms with van der Waals surface area (Å²) in [5.74, 6) is 0.873. The summed E-state index contributed by atoms with van der Waals surface area (Å²) in [6.45, 7) is 6.39. The lowest BCUT2D eigenvalue weighted by atomic mass is 10.4. The van der Waals surface area contributed by atoms with Crippen LogP contribution >= 0.6 is 46.9 Å². The van der Waals surface area contributed by atoms with E-state index in [0.29, 0.717) is 6.54 Å². The molecular formula is C16H25ClIN5S. The molecule has 0 atom stereocenters. The zero-order valence-electron chi connectivity index (χ0n) is 14.5. The second-order valence-corrected chi connectivity index (χ2v) is 7.00. The Balaban J connectivity index is 0.00000288. The van der Waals surface area contributed by atoms with Gasteiger partial charge in [0.2, 0.25) is 0 Å². The molecule has 0 aromatic carbocycles. The van der Waals surface area contributed by atoms with E-state index in [1.54, 1.807) is 11.3 Å². The second kappa shape index (κ2) is 10.2. The second-order valence-electron chi connectivity index (χ2n) is 5.36. The fourth-order valence-corrected chi connectivity index (χ4v) is 3.30. The topological polar surface area (TPSA) is 45.5 Å². The van der Waals surface area contributed by atoms with E-state index in [1.165, 1.54) is 4.88 Å². The van der Waals surface area contributed by atoms with Gasteiger partial charge in [-0.3, -0.25) is 0 Å². The Morgan fingerprint density at radius 2 is 2.21 bits per heavy atom. The molecule has 0 spiro atoms. The number of thiazole rings is 1. The summed E-state index contributed by atoms with van der Waals surface area (Å²) in [6.07, 6.45) is 4.88. The highest BCUT2D eigenvalue weighted by Crippen LogP contribution is 2.16. The first-order valence-electron chi connectivity index (χ1n) is 7.77. The van der Waals surface area contributed by atoms with Crippen LogP contribution in [0.4, 0.5) is 0 Å². The van der Waals surface area contributed by atoms with Crippen molar-refractivity contribution in [2.45, 2.75) is 33.4 Å². The third kappa shape index (κ3) is 5.93. The third-order valence-corrected chi connectivity index (χ3v) is 4.82. The lowest BCUT2D eigenvalue weighted by Gasteiger charge is -2.22. The van der Waals surface area contributed by atoms with Gasteiger partial charge in [-0.25, -0.2) is 9.98 Å². The minimum absolute atomic E-state index is 0. The third-order valence-electron chi connectivity index (χ3n) is 3.48. The number of hydrogen-bond donors (Lipinski definition) is 1. The number of rotatable bonds is 6. The number of hydrogen-bond acceptors (Lipinski definition) is 3. The normalized spacial score (nSPS) is 11.3. The van der Waals surface area contributed by atoms with Gasteiger partial charge in [0.05, 0.1) is 18.1 Å². The molecule has 2 rings (SSSR count). The average Bonchev–Trinajstić information content (AvgIpc) is 3.10. The molecule has 24 heavy (non-hydrogen) atoms. The van der Waals surface area contributed by atoms with Gasteiger partial charge in [0.15, 0.2) is 5.96 Å². The van der Waals surface area contributed by atoms with Gasteiger partial charge in [0.1, 0.15) is 5.01 Å². The van der Waals surface area contributed by atoms with E-state index in [9.17, 15) is 0 Å². The molecule has 0 fully saturated rings. The minimum atomic E-state index is 0. The van der Waals surface area contributed by atoms with Crippen LogP contribution in [-0.4, -0.2) is 34.0 Å². The minimum Gasteiger partial charge on any atom is -0.357 e. The van der Waals surface area contributed by atoms with Crippen LogP contribution < -0.4 is 5.32 Å². The van der Waals surface area contributed by atoms with Gasteiger partial charge < -0.3 is 14.8 Å². The molecule has 1 N–H and O–H groups in total. The molecule has 0 amide bonds. The Morgan fingerprint density at radius 1 is 1.46 bits per heavy atom. The predicted octanol–water partition coefficient (Wildman–Crippen LogP) is 3.91. The van der Waals surface area contributed by atoms with E-state index in [0.717, 1.165) is 41.2 Å². The van der Waals surface area contributed by atoms with Gasteiger partial charge >= 0.3 is 0 Å². The first-order valence-corrected chi connectivity index (χ1v) is 8.96. The molecule has 0 unspecified atom stereocenters. The zero-order valence-corrected chi connectivity index (χ0v) is 18.4. The van der Waals surface area contributed by atoms with Crippen LogP contribution in [0.1, 0.15) is 29.4 Å². The highest BCUT2D eigenvalue weighted by Gasteiger charge is 2.10. The van der Waals surface area contributed by atoms with Crippen LogP contribution in [0, 0.1) is 0 Å². The lowest BCUT2D eigenvalue weighted by molar-refractivity contribution is 0.462. The number of aryl methyl sites for hydroxylation is 2. The van der Waals surface area contributed by atoms with Gasteiger partial charge in [-0.05, 0) is 19.4 Å². The SMILES string of the molecule is CCNC(=NCc1ncc(CC)s1)N(C)Cc1cc(Cl)cn1C.I. The van der Waals surface area contributed by atoms with Crippen molar-refractivity contribution >= 4 is 52.9 Å². The molecule has 0 aliphatic carbocycles. The van der Waals surface area contributed by atoms with E-state index >= 15 is 0 Å². The first kappa shape index (κ1) is 21.2. The Bertz CT molecular complexity index is 667. The molecule has 0 aliphatic heterocycles. The quantitative estimate of drug-likeness (QED) is 0.386. The molecule has 0 bridgehead atoms. The zero-order chi connectivity index (χ0) is 16.8. The molecule has 134 valence electrons. The van der Waals surface area contributed by atoms with Gasteiger partial charge in [-0.2, -0.15) is 0 Å². The summed E-state index contributed by atoms with van der Waals surface area (Å²) in [5.41, 5.74) is 1.14. The monoisotopic (exact) mass is 481 g/mol. The van der Waals surface area contributed by atoms with Gasteiger partial charge in [-0.1, -0.05) is 18.5 Å². The van der Waals surface area contributed by atoms with Crippen molar-refractivity contribution in [1.82, 2.24) is 19.8 Å². The molecule has 2 aromatic heterocycles. The molecule has 2 aromatic rings. The highest BCUT2D eigenvalue weighted by atomic mass is 127. The van der Waals surface area contributed by atoms with Gasteiger partial charge in [0.25, 0.3) is 0 Å². The van der Waals surface area contributed by atoms with Crippen LogP contribution in [0.3, 0.4) is 0 Å². The summed E-state index contributed by atoms with van der Waals surface area (Å²) < 4.78 is 2.04. The van der Waals surface area contributed by atoms with Crippen molar-refractivity contribution in [3.8, 4) is 0 Å². The van der Waals surface area contributed by atoms with Crippen molar-refractivity contribution in [2.75, 3.05) is 13.6 Å². The number of halogens is 2. The molecule has 0 aliphatic rings. The maximum Gasteiger partial charge on any atom is 0.194 e. The standard InChI is InChI=1S/C16H24ClN5S.HI/c1-5-14-8-19-15(23-14)9-20-16(18-6-2)22(4)11-13-7-12(17)10-21(13)3;/h7-8,10H,5-6,9,11H2,1-4H3,(H,18,20);1H. The molecule has 0 saturated heterocycles. The maximum absolute atomic E-state index is 6.06. The summed E-state index contributed by atoms with van der Waals surface area (Å²) in [4.78, 5) is 12.5. The van der Waals surface area contributed by atoms with Crippen molar-refractivity contribution in [2.24, 2.45) is 12.0 Å². The smallest absolute Gasteiger partial charge is 0.194 e. The van der Waals surface area contributed by atoms with Crippen LogP contribution in [0.5, 0.6) is 0 Å². The maximum atomic E-state index is 6.06. The largest absolute Gasteiger partial charge is 0.357 e. The highest BCUT2D eigenvalue weighted by molar-refractivity contribution is 14.0. The number of nitrogens with one attached hydrogen (secondary N) is 1. The van der Waals surface area contributed by atoms with Crippen molar-refractivity contribution in [1.29, 1.82) is 0 Å². The van der Waals surface area contributed by atoms with Crippen molar-refractivity contribution in [3.05, 3.63) is 39.1 Å². The molecule has 2 heterocycles. The van der Waals surface area contributed by atoms with Crippen molar-refractivity contribution in [3.63, 3.8) is 0 Å². The summed E-state index contributed by atoms with van der Waals surface area (Å²) in [5, 5.41) is 5.14. The van der Waals surface area contributed by atoms with Gasteiger partial charge in [-0.15, -0.1) is 35.3 Å². The molecule has 0 saturated carbocycles. The van der Waals surface area contributed by atoms with Crippen LogP contribution in [0.2, 0.25) is 5.02 Å². The molecular weight excluding hydrogens is 457 g/mol. The number of aromatic nitrogens is 2. The van der Waals surface area contributed by atoms with Crippen LogP contribution in [0.25, 0.3) is 0 Å². The van der Waals surface area contributed by atoms with E-state index in [-0.39, 0.29) is 24.0 Å². The predicted molar refractivity (Wildman–Crippen MR) is 114 cm³/mol. The Hall–Kier alpha value is -0.800. The fraction of sp³-hybridized carbons (Fsp3) is 0.500. The van der Waals surface area contributed by atoms with Crippen molar-refractivity contribution < 1.29 is 0 Å². The summed E-state index contributed by atoms with van der Waals surface area (Å²) in [7, 11) is 4.03. The summed E-state index contributed by atoms with van der Waals surface area (Å²) >= 11 is 7.78. The van der Waals surface area contributed by atoms with Crippen LogP contribution in [-0.2, 0) is 26.6 Å². The Labute approximate surface area is 170 Å². The molecule has 5 nitrogen and oxygen atoms in total. The van der Waals surface area contributed by atoms with Crippen LogP contribution in [0.15, 0.2) is 23.5 Å². The fourth-order valence-electron chi connectivity index (χ4n) is 2.24. The van der Waals surface area contributed by atoms with Gasteiger partial charge in [0, 0.05) is 43.6 Å². The first-order chi connectivity index (χ1) is 11.0. The number of nitrogens with zero attached hydrogens (tertiary/aromatic N) is 4. The molecule has 8 heteroatoms. The number of aliphatic imine (C=N–C) groups is 1. The van der Waals surface area contributed by atoms with E-state index in [2.05, 4.69) is 29.0 Å². The Kier molecular flexibility index (Phi) is 9.07.